The highest BCUT2D eigenvalue weighted by atomic mass is 16.5. The molecule has 0 unspecified atom stereocenters. The molecule has 0 spiro atoms. The van der Waals surface area contributed by atoms with Gasteiger partial charge in [0.25, 0.3) is 5.56 Å². The van der Waals surface area contributed by atoms with Crippen molar-refractivity contribution in [2.75, 3.05) is 39.4 Å². The Bertz CT molecular complexity index is 509. The molecule has 0 aromatic carbocycles. The molecule has 0 saturated carbocycles. The third-order valence-corrected chi connectivity index (χ3v) is 3.07. The van der Waals surface area contributed by atoms with Crippen LogP contribution in [0.1, 0.15) is 11.5 Å². The number of nitrogens with one attached hydrogen (secondary N) is 2. The van der Waals surface area contributed by atoms with Crippen molar-refractivity contribution in [2.24, 2.45) is 0 Å². The summed E-state index contributed by atoms with van der Waals surface area (Å²) in [5.74, 6) is 0.587. The van der Waals surface area contributed by atoms with Crippen LogP contribution in [-0.4, -0.2) is 60.2 Å². The van der Waals surface area contributed by atoms with Crippen LogP contribution < -0.4 is 10.9 Å². The first-order valence-corrected chi connectivity index (χ1v) is 6.77. The number of aromatic nitrogens is 2. The van der Waals surface area contributed by atoms with Crippen LogP contribution >= 0.6 is 0 Å². The third-order valence-electron chi connectivity index (χ3n) is 3.07. The van der Waals surface area contributed by atoms with Crippen LogP contribution in [0.5, 0.6) is 0 Å². The lowest BCUT2D eigenvalue weighted by Gasteiger charge is -2.25. The number of hydrogen-bond acceptors (Lipinski definition) is 5. The molecule has 20 heavy (non-hydrogen) atoms. The van der Waals surface area contributed by atoms with Crippen LogP contribution in [0.15, 0.2) is 10.9 Å². The van der Waals surface area contributed by atoms with Crippen molar-refractivity contribution in [3.8, 4) is 0 Å². The van der Waals surface area contributed by atoms with Crippen molar-refractivity contribution in [2.45, 2.75) is 13.3 Å². The van der Waals surface area contributed by atoms with Crippen LogP contribution in [0.4, 0.5) is 0 Å². The molecule has 7 nitrogen and oxygen atoms in total. The maximum Gasteiger partial charge on any atom is 0.251 e. The molecule has 7 heteroatoms. The largest absolute Gasteiger partial charge is 0.379 e. The number of hydrogen-bond donors (Lipinski definition) is 2. The van der Waals surface area contributed by atoms with Gasteiger partial charge in [0.05, 0.1) is 19.8 Å². The number of nitrogens with zero attached hydrogens (tertiary/aromatic N) is 2. The predicted octanol–water partition coefficient (Wildman–Crippen LogP) is -0.931. The van der Waals surface area contributed by atoms with Gasteiger partial charge in [0, 0.05) is 37.8 Å². The van der Waals surface area contributed by atoms with Crippen LogP contribution in [-0.2, 0) is 16.0 Å². The zero-order chi connectivity index (χ0) is 14.4. The molecule has 1 aromatic heterocycles. The molecule has 1 aromatic rings. The lowest BCUT2D eigenvalue weighted by Crippen LogP contribution is -2.43. The topological polar surface area (TPSA) is 87.3 Å². The Morgan fingerprint density at radius 3 is 2.95 bits per heavy atom. The molecule has 1 saturated heterocycles. The van der Waals surface area contributed by atoms with Crippen molar-refractivity contribution >= 4 is 5.91 Å². The highest BCUT2D eigenvalue weighted by molar-refractivity contribution is 5.78. The smallest absolute Gasteiger partial charge is 0.251 e. The fourth-order valence-electron chi connectivity index (χ4n) is 2.10. The van der Waals surface area contributed by atoms with Gasteiger partial charge in [-0.1, -0.05) is 0 Å². The molecule has 1 amide bonds. The summed E-state index contributed by atoms with van der Waals surface area (Å²) in [7, 11) is 0. The highest BCUT2D eigenvalue weighted by Gasteiger charge is 2.13. The monoisotopic (exact) mass is 280 g/mol. The summed E-state index contributed by atoms with van der Waals surface area (Å²) in [6.45, 7) is 5.58. The van der Waals surface area contributed by atoms with Crippen molar-refractivity contribution in [1.82, 2.24) is 20.2 Å². The summed E-state index contributed by atoms with van der Waals surface area (Å²) >= 11 is 0. The lowest BCUT2D eigenvalue weighted by molar-refractivity contribution is -0.123. The Hall–Kier alpha value is -1.73. The summed E-state index contributed by atoms with van der Waals surface area (Å²) in [4.78, 5) is 32.0. The molecule has 2 heterocycles. The van der Waals surface area contributed by atoms with Gasteiger partial charge in [0.15, 0.2) is 0 Å². The number of aromatic amines is 1. The average molecular weight is 280 g/mol. The maximum atomic E-state index is 11.7. The number of H-pyrrole nitrogens is 1. The Kier molecular flexibility index (Phi) is 5.25. The van der Waals surface area contributed by atoms with E-state index in [9.17, 15) is 9.59 Å². The molecule has 1 fully saturated rings. The molecule has 0 radical (unpaired) electrons. The molecular weight excluding hydrogens is 260 g/mol. The number of rotatable bonds is 5. The van der Waals surface area contributed by atoms with Gasteiger partial charge in [-0.25, -0.2) is 4.98 Å². The minimum absolute atomic E-state index is 0.0121. The molecule has 0 aliphatic carbocycles. The van der Waals surface area contributed by atoms with Crippen LogP contribution in [0, 0.1) is 6.92 Å². The third kappa shape index (κ3) is 4.75. The van der Waals surface area contributed by atoms with Crippen LogP contribution in [0.2, 0.25) is 0 Å². The Morgan fingerprint density at radius 1 is 1.50 bits per heavy atom. The van der Waals surface area contributed by atoms with Gasteiger partial charge >= 0.3 is 0 Å². The van der Waals surface area contributed by atoms with Gasteiger partial charge in [-0.3, -0.25) is 14.5 Å². The summed E-state index contributed by atoms with van der Waals surface area (Å²) in [6.07, 6.45) is 0.520. The number of morpholine rings is 1. The first kappa shape index (κ1) is 14.7. The minimum atomic E-state index is -0.160. The molecule has 0 bridgehead atoms. The number of aryl methyl sites for hydroxylation is 1. The van der Waals surface area contributed by atoms with E-state index in [4.69, 9.17) is 4.74 Å². The Balaban J connectivity index is 1.72. The summed E-state index contributed by atoms with van der Waals surface area (Å²) in [6, 6.07) is 1.44. The Morgan fingerprint density at radius 2 is 2.25 bits per heavy atom. The molecule has 1 aliphatic heterocycles. The SMILES string of the molecule is Cc1cc(=O)[nH]c(CCNC(=O)CN2CCOCC2)n1. The first-order valence-electron chi connectivity index (χ1n) is 6.77. The highest BCUT2D eigenvalue weighted by Crippen LogP contribution is 1.95. The van der Waals surface area contributed by atoms with Crippen LogP contribution in [0.25, 0.3) is 0 Å². The van der Waals surface area contributed by atoms with Crippen LogP contribution in [0.3, 0.4) is 0 Å². The molecule has 2 rings (SSSR count). The van der Waals surface area contributed by atoms with E-state index in [2.05, 4.69) is 20.2 Å². The van der Waals surface area contributed by atoms with E-state index in [1.54, 1.807) is 6.92 Å². The van der Waals surface area contributed by atoms with Crippen molar-refractivity contribution < 1.29 is 9.53 Å². The van der Waals surface area contributed by atoms with Gasteiger partial charge in [0.1, 0.15) is 5.82 Å². The summed E-state index contributed by atoms with van der Waals surface area (Å²) < 4.78 is 5.23. The van der Waals surface area contributed by atoms with Gasteiger partial charge in [-0.2, -0.15) is 0 Å². The molecule has 2 N–H and O–H groups in total. The van der Waals surface area contributed by atoms with Crippen molar-refractivity contribution in [1.29, 1.82) is 0 Å². The molecule has 110 valence electrons. The second-order valence-corrected chi connectivity index (χ2v) is 4.82. The van der Waals surface area contributed by atoms with Gasteiger partial charge in [-0.15, -0.1) is 0 Å². The molecule has 1 aliphatic rings. The van der Waals surface area contributed by atoms with Crippen molar-refractivity contribution in [3.63, 3.8) is 0 Å². The van der Waals surface area contributed by atoms with E-state index in [1.165, 1.54) is 6.07 Å². The second-order valence-electron chi connectivity index (χ2n) is 4.82. The van der Waals surface area contributed by atoms with E-state index < -0.39 is 0 Å². The summed E-state index contributed by atoms with van der Waals surface area (Å²) in [5, 5.41) is 2.83. The molecule has 0 atom stereocenters. The number of amides is 1. The average Bonchev–Trinajstić information content (AvgIpc) is 2.38. The first-order chi connectivity index (χ1) is 9.63. The standard InChI is InChI=1S/C13H20N4O3/c1-10-8-12(18)16-11(15-10)2-3-14-13(19)9-17-4-6-20-7-5-17/h8H,2-7,9H2,1H3,(H,14,19)(H,15,16,18). The number of carbonyl (C=O) groups is 1. The Labute approximate surface area is 117 Å². The van der Waals surface area contributed by atoms with Gasteiger partial charge < -0.3 is 15.0 Å². The molecular formula is C13H20N4O3. The zero-order valence-corrected chi connectivity index (χ0v) is 11.6. The van der Waals surface area contributed by atoms with E-state index in [1.807, 2.05) is 0 Å². The predicted molar refractivity (Wildman–Crippen MR) is 73.6 cm³/mol. The quantitative estimate of drug-likeness (QED) is 0.727. The van der Waals surface area contributed by atoms with Crippen molar-refractivity contribution in [3.05, 3.63) is 27.9 Å². The minimum Gasteiger partial charge on any atom is -0.379 e. The normalized spacial score (nSPS) is 16.1. The van der Waals surface area contributed by atoms with E-state index >= 15 is 0 Å². The van der Waals surface area contributed by atoms with Gasteiger partial charge in [0.2, 0.25) is 5.91 Å². The maximum absolute atomic E-state index is 11.7. The van der Waals surface area contributed by atoms with E-state index in [0.717, 1.165) is 13.1 Å². The zero-order valence-electron chi connectivity index (χ0n) is 11.6. The fraction of sp³-hybridized carbons (Fsp3) is 0.615. The fourth-order valence-corrected chi connectivity index (χ4v) is 2.10. The van der Waals surface area contributed by atoms with E-state index in [-0.39, 0.29) is 11.5 Å². The van der Waals surface area contributed by atoms with Gasteiger partial charge in [-0.05, 0) is 6.92 Å². The second kappa shape index (κ2) is 7.16. The summed E-state index contributed by atoms with van der Waals surface area (Å²) in [5.41, 5.74) is 0.524. The lowest BCUT2D eigenvalue weighted by atomic mass is 10.3. The van der Waals surface area contributed by atoms with E-state index in [0.29, 0.717) is 44.2 Å². The number of ether oxygens (including phenoxy) is 1. The number of carbonyl (C=O) groups excluding carboxylic acids is 1.